The van der Waals surface area contributed by atoms with E-state index in [1.807, 2.05) is 12.1 Å². The third kappa shape index (κ3) is 6.67. The summed E-state index contributed by atoms with van der Waals surface area (Å²) in [4.78, 5) is 29.1. The van der Waals surface area contributed by atoms with Crippen molar-refractivity contribution in [2.24, 2.45) is 0 Å². The summed E-state index contributed by atoms with van der Waals surface area (Å²) in [5, 5.41) is 6.57. The Morgan fingerprint density at radius 2 is 1.83 bits per heavy atom. The first-order chi connectivity index (χ1) is 14.0. The molecule has 10 heteroatoms. The number of nitrogens with two attached hydrogens (primary N) is 1. The highest BCUT2D eigenvalue weighted by molar-refractivity contribution is 6.30. The van der Waals surface area contributed by atoms with Gasteiger partial charge in [0.1, 0.15) is 5.82 Å². The van der Waals surface area contributed by atoms with Crippen LogP contribution in [0.25, 0.3) is 0 Å². The molecule has 4 N–H and O–H groups in total. The molecule has 29 heavy (non-hydrogen) atoms. The molecule has 1 saturated heterocycles. The lowest BCUT2D eigenvalue weighted by Gasteiger charge is -2.33. The number of carbonyl (C=O) groups excluding carboxylic acids is 1. The van der Waals surface area contributed by atoms with Gasteiger partial charge in [-0.1, -0.05) is 17.7 Å². The van der Waals surface area contributed by atoms with Crippen LogP contribution in [0.3, 0.4) is 0 Å². The maximum atomic E-state index is 11.8. The second kappa shape index (κ2) is 10.1. The monoisotopic (exact) mass is 416 g/mol. The van der Waals surface area contributed by atoms with E-state index in [0.29, 0.717) is 36.4 Å². The Bertz CT molecular complexity index is 837. The van der Waals surface area contributed by atoms with Crippen molar-refractivity contribution in [1.29, 1.82) is 0 Å². The van der Waals surface area contributed by atoms with Crippen molar-refractivity contribution in [2.45, 2.75) is 6.54 Å². The van der Waals surface area contributed by atoms with E-state index in [4.69, 9.17) is 17.3 Å². The molecule has 3 rings (SSSR count). The lowest BCUT2D eigenvalue weighted by molar-refractivity contribution is -0.122. The van der Waals surface area contributed by atoms with Crippen molar-refractivity contribution in [3.05, 3.63) is 47.8 Å². The minimum atomic E-state index is 0.0153. The first kappa shape index (κ1) is 21.0. The van der Waals surface area contributed by atoms with Gasteiger partial charge in [0.2, 0.25) is 17.8 Å². The van der Waals surface area contributed by atoms with E-state index < -0.39 is 0 Å². The lowest BCUT2D eigenvalue weighted by Crippen LogP contribution is -2.49. The predicted octanol–water partition coefficient (Wildman–Crippen LogP) is 1.27. The summed E-state index contributed by atoms with van der Waals surface area (Å²) in [6.45, 7) is 8.30. The average Bonchev–Trinajstić information content (AvgIpc) is 2.69. The molecule has 1 aromatic heterocycles. The fraction of sp³-hybridized carbons (Fsp3) is 0.368. The highest BCUT2D eigenvalue weighted by Crippen LogP contribution is 2.17. The molecule has 0 bridgehead atoms. The molecule has 0 aliphatic carbocycles. The SMILES string of the molecule is C=CCNC(=O)CN1CCN(Cc2nc(N)nc(Nc3ccc(Cl)cc3)n2)CC1. The third-order valence-electron chi connectivity index (χ3n) is 4.44. The van der Waals surface area contributed by atoms with Gasteiger partial charge in [-0.3, -0.25) is 14.6 Å². The maximum absolute atomic E-state index is 11.8. The lowest BCUT2D eigenvalue weighted by atomic mass is 10.3. The number of hydrogen-bond acceptors (Lipinski definition) is 8. The van der Waals surface area contributed by atoms with Gasteiger partial charge in [0.15, 0.2) is 0 Å². The Balaban J connectivity index is 1.53. The molecular weight excluding hydrogens is 392 g/mol. The van der Waals surface area contributed by atoms with Crippen molar-refractivity contribution < 1.29 is 4.79 Å². The van der Waals surface area contributed by atoms with Crippen LogP contribution in [0.15, 0.2) is 36.9 Å². The van der Waals surface area contributed by atoms with Crippen LogP contribution in [-0.2, 0) is 11.3 Å². The van der Waals surface area contributed by atoms with Gasteiger partial charge >= 0.3 is 0 Å². The number of rotatable bonds is 8. The van der Waals surface area contributed by atoms with Gasteiger partial charge in [0.25, 0.3) is 0 Å². The molecule has 1 amide bonds. The summed E-state index contributed by atoms with van der Waals surface area (Å²) in [5.74, 6) is 1.18. The van der Waals surface area contributed by atoms with E-state index in [9.17, 15) is 4.79 Å². The molecule has 0 spiro atoms. The zero-order valence-electron chi connectivity index (χ0n) is 16.1. The van der Waals surface area contributed by atoms with Crippen molar-refractivity contribution in [3.8, 4) is 0 Å². The van der Waals surface area contributed by atoms with Crippen molar-refractivity contribution in [1.82, 2.24) is 30.1 Å². The molecule has 2 heterocycles. The Hall–Kier alpha value is -2.75. The van der Waals surface area contributed by atoms with Gasteiger partial charge in [0, 0.05) is 43.4 Å². The smallest absolute Gasteiger partial charge is 0.234 e. The van der Waals surface area contributed by atoms with Crippen LogP contribution in [0.1, 0.15) is 5.82 Å². The van der Waals surface area contributed by atoms with Crippen molar-refractivity contribution >= 4 is 35.1 Å². The molecule has 1 aliphatic heterocycles. The first-order valence-corrected chi connectivity index (χ1v) is 9.75. The van der Waals surface area contributed by atoms with Crippen LogP contribution in [0.4, 0.5) is 17.6 Å². The third-order valence-corrected chi connectivity index (χ3v) is 4.69. The van der Waals surface area contributed by atoms with Gasteiger partial charge in [-0.25, -0.2) is 0 Å². The Morgan fingerprint density at radius 1 is 1.14 bits per heavy atom. The van der Waals surface area contributed by atoms with Crippen LogP contribution in [-0.4, -0.2) is 69.9 Å². The predicted molar refractivity (Wildman–Crippen MR) is 114 cm³/mol. The number of anilines is 3. The van der Waals surface area contributed by atoms with Crippen LogP contribution >= 0.6 is 11.6 Å². The number of piperazine rings is 1. The number of amides is 1. The fourth-order valence-corrected chi connectivity index (χ4v) is 3.10. The Morgan fingerprint density at radius 3 is 2.52 bits per heavy atom. The maximum Gasteiger partial charge on any atom is 0.234 e. The number of nitrogens with zero attached hydrogens (tertiary/aromatic N) is 5. The second-order valence-electron chi connectivity index (χ2n) is 6.71. The number of carbonyl (C=O) groups is 1. The molecule has 0 atom stereocenters. The molecule has 2 aromatic rings. The highest BCUT2D eigenvalue weighted by Gasteiger charge is 2.20. The summed E-state index contributed by atoms with van der Waals surface area (Å²) in [6.07, 6.45) is 1.67. The van der Waals surface area contributed by atoms with Crippen LogP contribution in [0, 0.1) is 0 Å². The number of aromatic nitrogens is 3. The summed E-state index contributed by atoms with van der Waals surface area (Å²) < 4.78 is 0. The number of halogens is 1. The normalized spacial score (nSPS) is 15.1. The average molecular weight is 417 g/mol. The summed E-state index contributed by atoms with van der Waals surface area (Å²) in [7, 11) is 0. The van der Waals surface area contributed by atoms with Crippen LogP contribution in [0.5, 0.6) is 0 Å². The van der Waals surface area contributed by atoms with Gasteiger partial charge < -0.3 is 16.4 Å². The summed E-state index contributed by atoms with van der Waals surface area (Å²) in [6, 6.07) is 7.25. The van der Waals surface area contributed by atoms with Gasteiger partial charge in [-0.15, -0.1) is 6.58 Å². The topological polar surface area (TPSA) is 112 Å². The van der Waals surface area contributed by atoms with E-state index in [0.717, 1.165) is 31.9 Å². The molecule has 1 aliphatic rings. The molecule has 0 radical (unpaired) electrons. The highest BCUT2D eigenvalue weighted by atomic mass is 35.5. The Labute approximate surface area is 175 Å². The molecule has 9 nitrogen and oxygen atoms in total. The largest absolute Gasteiger partial charge is 0.368 e. The summed E-state index contributed by atoms with van der Waals surface area (Å²) >= 11 is 5.91. The molecule has 1 aromatic carbocycles. The molecular formula is C19H25ClN8O. The molecule has 154 valence electrons. The number of nitrogen functional groups attached to an aromatic ring is 1. The van der Waals surface area contributed by atoms with Crippen LogP contribution in [0.2, 0.25) is 5.02 Å². The van der Waals surface area contributed by atoms with E-state index in [1.54, 1.807) is 18.2 Å². The summed E-state index contributed by atoms with van der Waals surface area (Å²) in [5.41, 5.74) is 6.67. The van der Waals surface area contributed by atoms with Gasteiger partial charge in [-0.05, 0) is 24.3 Å². The van der Waals surface area contributed by atoms with E-state index >= 15 is 0 Å². The molecule has 0 unspecified atom stereocenters. The van der Waals surface area contributed by atoms with Gasteiger partial charge in [-0.2, -0.15) is 15.0 Å². The van der Waals surface area contributed by atoms with E-state index in [1.165, 1.54) is 0 Å². The van der Waals surface area contributed by atoms with E-state index in [2.05, 4.69) is 42.0 Å². The van der Waals surface area contributed by atoms with Gasteiger partial charge in [0.05, 0.1) is 13.1 Å². The Kier molecular flexibility index (Phi) is 7.34. The van der Waals surface area contributed by atoms with Crippen molar-refractivity contribution in [3.63, 3.8) is 0 Å². The first-order valence-electron chi connectivity index (χ1n) is 9.37. The zero-order valence-corrected chi connectivity index (χ0v) is 16.9. The number of hydrogen-bond donors (Lipinski definition) is 3. The zero-order chi connectivity index (χ0) is 20.6. The second-order valence-corrected chi connectivity index (χ2v) is 7.15. The minimum absolute atomic E-state index is 0.0153. The number of nitrogens with one attached hydrogen (secondary N) is 2. The number of benzene rings is 1. The standard InChI is InChI=1S/C19H25ClN8O/c1-2-7-22-17(29)13-28-10-8-27(9-11-28)12-16-24-18(21)26-19(25-16)23-15-5-3-14(20)4-6-15/h2-6H,1,7-13H2,(H,22,29)(H3,21,23,24,25,26). The van der Waals surface area contributed by atoms with Crippen molar-refractivity contribution in [2.75, 3.05) is 50.3 Å². The minimum Gasteiger partial charge on any atom is -0.368 e. The van der Waals surface area contributed by atoms with E-state index in [-0.39, 0.29) is 11.9 Å². The quantitative estimate of drug-likeness (QED) is 0.551. The molecule has 0 saturated carbocycles. The van der Waals surface area contributed by atoms with Crippen LogP contribution < -0.4 is 16.4 Å². The molecule has 1 fully saturated rings. The fourth-order valence-electron chi connectivity index (χ4n) is 2.98.